The Bertz CT molecular complexity index is 767. The molecule has 118 valence electrons. The van der Waals surface area contributed by atoms with E-state index >= 15 is 0 Å². The SMILES string of the molecule is COc1ccc(-c2nc(CS(=O)(=O)[C@H](C)C(N)=O)no2)cc1. The van der Waals surface area contributed by atoms with Gasteiger partial charge < -0.3 is 15.0 Å². The first-order valence-electron chi connectivity index (χ1n) is 6.31. The summed E-state index contributed by atoms with van der Waals surface area (Å²) >= 11 is 0. The van der Waals surface area contributed by atoms with Gasteiger partial charge in [0, 0.05) is 5.56 Å². The Morgan fingerprint density at radius 2 is 2.00 bits per heavy atom. The van der Waals surface area contributed by atoms with E-state index in [1.165, 1.54) is 6.92 Å². The average molecular weight is 325 g/mol. The summed E-state index contributed by atoms with van der Waals surface area (Å²) in [6.07, 6.45) is 0. The second kappa shape index (κ2) is 6.14. The third kappa shape index (κ3) is 3.42. The molecule has 2 N–H and O–H groups in total. The lowest BCUT2D eigenvalue weighted by Crippen LogP contribution is -2.34. The predicted octanol–water partition coefficient (Wildman–Crippen LogP) is 0.534. The quantitative estimate of drug-likeness (QED) is 0.821. The van der Waals surface area contributed by atoms with Crippen molar-refractivity contribution in [3.05, 3.63) is 30.1 Å². The molecule has 0 unspecified atom stereocenters. The van der Waals surface area contributed by atoms with E-state index in [0.29, 0.717) is 11.3 Å². The number of hydrogen-bond donors (Lipinski definition) is 1. The van der Waals surface area contributed by atoms with Gasteiger partial charge in [-0.15, -0.1) is 0 Å². The highest BCUT2D eigenvalue weighted by molar-refractivity contribution is 7.92. The van der Waals surface area contributed by atoms with Gasteiger partial charge in [0.15, 0.2) is 15.7 Å². The minimum absolute atomic E-state index is 0.0288. The van der Waals surface area contributed by atoms with Crippen LogP contribution in [0.4, 0.5) is 0 Å². The number of carbonyl (C=O) groups is 1. The van der Waals surface area contributed by atoms with Crippen LogP contribution in [0.1, 0.15) is 12.7 Å². The number of hydrogen-bond acceptors (Lipinski definition) is 7. The van der Waals surface area contributed by atoms with Crippen LogP contribution in [-0.4, -0.2) is 36.8 Å². The molecule has 0 spiro atoms. The van der Waals surface area contributed by atoms with Gasteiger partial charge in [0.1, 0.15) is 16.8 Å². The van der Waals surface area contributed by atoms with Crippen molar-refractivity contribution in [2.24, 2.45) is 5.73 Å². The number of nitrogens with zero attached hydrogens (tertiary/aromatic N) is 2. The minimum Gasteiger partial charge on any atom is -0.497 e. The molecule has 0 saturated heterocycles. The van der Waals surface area contributed by atoms with Gasteiger partial charge in [0.2, 0.25) is 5.91 Å². The molecule has 1 amide bonds. The van der Waals surface area contributed by atoms with E-state index in [1.807, 2.05) is 0 Å². The second-order valence-corrected chi connectivity index (χ2v) is 6.92. The summed E-state index contributed by atoms with van der Waals surface area (Å²) < 4.78 is 33.9. The Kier molecular flexibility index (Phi) is 4.45. The van der Waals surface area contributed by atoms with Crippen molar-refractivity contribution in [2.45, 2.75) is 17.9 Å². The van der Waals surface area contributed by atoms with E-state index in [4.69, 9.17) is 15.0 Å². The smallest absolute Gasteiger partial charge is 0.257 e. The number of carbonyl (C=O) groups excluding carboxylic acids is 1. The fourth-order valence-corrected chi connectivity index (χ4v) is 2.73. The van der Waals surface area contributed by atoms with Gasteiger partial charge in [0.05, 0.1) is 7.11 Å². The standard InChI is InChI=1S/C13H15N3O5S/c1-8(12(14)17)22(18,19)7-11-15-13(21-16-11)9-3-5-10(20-2)6-4-9/h3-6,8H,7H2,1-2H3,(H2,14,17)/t8-/m1/s1. The van der Waals surface area contributed by atoms with E-state index in [1.54, 1.807) is 31.4 Å². The molecule has 2 aromatic rings. The normalized spacial score (nSPS) is 12.8. The van der Waals surface area contributed by atoms with Crippen molar-refractivity contribution < 1.29 is 22.5 Å². The molecule has 0 aliphatic carbocycles. The Morgan fingerprint density at radius 3 is 2.55 bits per heavy atom. The van der Waals surface area contributed by atoms with Crippen LogP contribution in [0.5, 0.6) is 5.75 Å². The summed E-state index contributed by atoms with van der Waals surface area (Å²) in [5.74, 6) is -0.616. The van der Waals surface area contributed by atoms with Crippen molar-refractivity contribution in [3.8, 4) is 17.2 Å². The zero-order chi connectivity index (χ0) is 16.3. The molecule has 0 aliphatic rings. The van der Waals surface area contributed by atoms with Crippen LogP contribution < -0.4 is 10.5 Å². The van der Waals surface area contributed by atoms with Crippen LogP contribution in [0, 0.1) is 0 Å². The van der Waals surface area contributed by atoms with Crippen molar-refractivity contribution in [1.29, 1.82) is 0 Å². The van der Waals surface area contributed by atoms with Crippen LogP contribution in [0.2, 0.25) is 0 Å². The molecular weight excluding hydrogens is 310 g/mol. The van der Waals surface area contributed by atoms with Gasteiger partial charge in [0.25, 0.3) is 5.89 Å². The Morgan fingerprint density at radius 1 is 1.36 bits per heavy atom. The lowest BCUT2D eigenvalue weighted by atomic mass is 10.2. The highest BCUT2D eigenvalue weighted by Crippen LogP contribution is 2.21. The molecule has 0 radical (unpaired) electrons. The number of methoxy groups -OCH3 is 1. The lowest BCUT2D eigenvalue weighted by Gasteiger charge is -2.06. The number of sulfone groups is 1. The average Bonchev–Trinajstić information content (AvgIpc) is 2.94. The van der Waals surface area contributed by atoms with Crippen LogP contribution in [-0.2, 0) is 20.4 Å². The van der Waals surface area contributed by atoms with Crippen LogP contribution in [0.3, 0.4) is 0 Å². The summed E-state index contributed by atoms with van der Waals surface area (Å²) in [5.41, 5.74) is 5.63. The second-order valence-electron chi connectivity index (χ2n) is 4.60. The topological polar surface area (TPSA) is 125 Å². The molecule has 1 aromatic carbocycles. The van der Waals surface area contributed by atoms with E-state index in [-0.39, 0.29) is 11.7 Å². The minimum atomic E-state index is -3.77. The molecule has 9 heteroatoms. The number of primary amides is 1. The van der Waals surface area contributed by atoms with Gasteiger partial charge in [-0.05, 0) is 31.2 Å². The van der Waals surface area contributed by atoms with Crippen LogP contribution >= 0.6 is 0 Å². The maximum absolute atomic E-state index is 11.9. The number of ether oxygens (including phenoxy) is 1. The van der Waals surface area contributed by atoms with E-state index in [0.717, 1.165) is 0 Å². The molecule has 1 heterocycles. The first-order valence-corrected chi connectivity index (χ1v) is 8.03. The molecule has 0 saturated carbocycles. The number of amides is 1. The van der Waals surface area contributed by atoms with Gasteiger partial charge >= 0.3 is 0 Å². The van der Waals surface area contributed by atoms with E-state index in [9.17, 15) is 13.2 Å². The third-order valence-electron chi connectivity index (χ3n) is 3.07. The summed E-state index contributed by atoms with van der Waals surface area (Å²) in [4.78, 5) is 15.0. The van der Waals surface area contributed by atoms with Gasteiger partial charge in [-0.1, -0.05) is 5.16 Å². The highest BCUT2D eigenvalue weighted by Gasteiger charge is 2.28. The zero-order valence-corrected chi connectivity index (χ0v) is 12.8. The summed E-state index contributed by atoms with van der Waals surface area (Å²) in [5, 5.41) is 2.30. The molecule has 8 nitrogen and oxygen atoms in total. The van der Waals surface area contributed by atoms with Gasteiger partial charge in [-0.25, -0.2) is 8.42 Å². The maximum atomic E-state index is 11.9. The molecule has 1 aromatic heterocycles. The van der Waals surface area contributed by atoms with Gasteiger partial charge in [-0.3, -0.25) is 4.79 Å². The van der Waals surface area contributed by atoms with Crippen LogP contribution in [0.25, 0.3) is 11.5 Å². The molecule has 22 heavy (non-hydrogen) atoms. The number of benzene rings is 1. The van der Waals surface area contributed by atoms with Gasteiger partial charge in [-0.2, -0.15) is 4.98 Å². The van der Waals surface area contributed by atoms with E-state index < -0.39 is 26.7 Å². The summed E-state index contributed by atoms with van der Waals surface area (Å²) in [6, 6.07) is 6.84. The zero-order valence-electron chi connectivity index (χ0n) is 12.0. The monoisotopic (exact) mass is 325 g/mol. The first kappa shape index (κ1) is 16.0. The van der Waals surface area contributed by atoms with Crippen molar-refractivity contribution in [3.63, 3.8) is 0 Å². The number of nitrogens with two attached hydrogens (primary N) is 1. The molecule has 0 fully saturated rings. The molecule has 0 bridgehead atoms. The lowest BCUT2D eigenvalue weighted by molar-refractivity contribution is -0.117. The van der Waals surface area contributed by atoms with Crippen molar-refractivity contribution in [2.75, 3.05) is 7.11 Å². The van der Waals surface area contributed by atoms with Crippen LogP contribution in [0.15, 0.2) is 28.8 Å². The Balaban J connectivity index is 2.19. The fraction of sp³-hybridized carbons (Fsp3) is 0.308. The van der Waals surface area contributed by atoms with Crippen molar-refractivity contribution >= 4 is 15.7 Å². The molecule has 1 atom stereocenters. The summed E-state index contributed by atoms with van der Waals surface area (Å²) in [6.45, 7) is 1.22. The fourth-order valence-electron chi connectivity index (χ4n) is 1.65. The molecular formula is C13H15N3O5S. The Hall–Kier alpha value is -2.42. The maximum Gasteiger partial charge on any atom is 0.257 e. The molecule has 0 aliphatic heterocycles. The third-order valence-corrected chi connectivity index (χ3v) is 5.04. The largest absolute Gasteiger partial charge is 0.497 e. The number of aromatic nitrogens is 2. The predicted molar refractivity (Wildman–Crippen MR) is 77.6 cm³/mol. The number of rotatable bonds is 6. The van der Waals surface area contributed by atoms with E-state index in [2.05, 4.69) is 10.1 Å². The summed E-state index contributed by atoms with van der Waals surface area (Å²) in [7, 11) is -2.23. The van der Waals surface area contributed by atoms with Crippen molar-refractivity contribution in [1.82, 2.24) is 10.1 Å². The Labute approximate surface area is 127 Å². The first-order chi connectivity index (χ1) is 10.3. The highest BCUT2D eigenvalue weighted by atomic mass is 32.2. The molecule has 2 rings (SSSR count).